The predicted octanol–water partition coefficient (Wildman–Crippen LogP) is 3.86. The van der Waals surface area contributed by atoms with Crippen molar-refractivity contribution in [1.29, 1.82) is 0 Å². The molecule has 0 saturated carbocycles. The molecule has 0 aliphatic rings. The molecule has 110 valence electrons. The fraction of sp³-hybridized carbons (Fsp3) is 0.133. The van der Waals surface area contributed by atoms with Crippen molar-refractivity contribution in [2.75, 3.05) is 19.5 Å². The number of anilines is 1. The Hall–Kier alpha value is -2.08. The van der Waals surface area contributed by atoms with Gasteiger partial charge in [0, 0.05) is 10.5 Å². The zero-order valence-corrected chi connectivity index (χ0v) is 13.0. The lowest BCUT2D eigenvalue weighted by molar-refractivity contribution is 0.102. The Morgan fingerprint density at radius 1 is 1.19 bits per heavy atom. The van der Waals surface area contributed by atoms with Crippen molar-refractivity contribution in [3.63, 3.8) is 0 Å². The molecule has 21 heavy (non-hydrogen) atoms. The standard InChI is InChI=1S/C15H13BrFNO3/c1-20-9-6-7-12(13(8-9)21-2)18-15(19)14-10(16)4-3-5-11(14)17/h3-8H,1-2H3,(H,18,19). The molecule has 6 heteroatoms. The molecule has 2 rings (SSSR count). The molecular formula is C15H13BrFNO3. The van der Waals surface area contributed by atoms with Crippen LogP contribution in [0.2, 0.25) is 0 Å². The van der Waals surface area contributed by atoms with E-state index in [-0.39, 0.29) is 5.56 Å². The Kier molecular flexibility index (Phi) is 4.80. The lowest BCUT2D eigenvalue weighted by Gasteiger charge is -2.12. The van der Waals surface area contributed by atoms with E-state index in [2.05, 4.69) is 21.2 Å². The van der Waals surface area contributed by atoms with E-state index >= 15 is 0 Å². The molecule has 0 bridgehead atoms. The van der Waals surface area contributed by atoms with Crippen molar-refractivity contribution in [1.82, 2.24) is 0 Å². The first-order chi connectivity index (χ1) is 10.1. The molecule has 4 nitrogen and oxygen atoms in total. The van der Waals surface area contributed by atoms with Gasteiger partial charge in [0.1, 0.15) is 17.3 Å². The fourth-order valence-electron chi connectivity index (χ4n) is 1.80. The van der Waals surface area contributed by atoms with Crippen LogP contribution in [0.25, 0.3) is 0 Å². The largest absolute Gasteiger partial charge is 0.497 e. The summed E-state index contributed by atoms with van der Waals surface area (Å²) in [5, 5.41) is 2.62. The van der Waals surface area contributed by atoms with Crippen LogP contribution in [-0.4, -0.2) is 20.1 Å². The van der Waals surface area contributed by atoms with E-state index < -0.39 is 11.7 Å². The van der Waals surface area contributed by atoms with Gasteiger partial charge in [-0.3, -0.25) is 4.79 Å². The van der Waals surface area contributed by atoms with Crippen molar-refractivity contribution in [2.45, 2.75) is 0 Å². The Labute approximate surface area is 130 Å². The summed E-state index contributed by atoms with van der Waals surface area (Å²) in [4.78, 5) is 12.2. The third kappa shape index (κ3) is 3.33. The average Bonchev–Trinajstić information content (AvgIpc) is 2.47. The maximum absolute atomic E-state index is 13.8. The highest BCUT2D eigenvalue weighted by atomic mass is 79.9. The molecule has 0 heterocycles. The number of benzene rings is 2. The summed E-state index contributed by atoms with van der Waals surface area (Å²) >= 11 is 3.17. The lowest BCUT2D eigenvalue weighted by atomic mass is 10.2. The summed E-state index contributed by atoms with van der Waals surface area (Å²) in [7, 11) is 3.01. The second-order valence-electron chi connectivity index (χ2n) is 4.12. The summed E-state index contributed by atoms with van der Waals surface area (Å²) in [5.41, 5.74) is 0.369. The number of hydrogen-bond acceptors (Lipinski definition) is 3. The molecule has 2 aromatic rings. The van der Waals surface area contributed by atoms with Crippen LogP contribution in [0.3, 0.4) is 0 Å². The van der Waals surface area contributed by atoms with E-state index in [9.17, 15) is 9.18 Å². The number of amides is 1. The van der Waals surface area contributed by atoms with Gasteiger partial charge in [-0.1, -0.05) is 6.07 Å². The summed E-state index contributed by atoms with van der Waals surface area (Å²) in [6.45, 7) is 0. The minimum Gasteiger partial charge on any atom is -0.497 e. The SMILES string of the molecule is COc1ccc(NC(=O)c2c(F)cccc2Br)c(OC)c1. The Morgan fingerprint density at radius 2 is 1.95 bits per heavy atom. The third-order valence-electron chi connectivity index (χ3n) is 2.85. The zero-order chi connectivity index (χ0) is 15.4. The minimum atomic E-state index is -0.602. The van der Waals surface area contributed by atoms with E-state index in [4.69, 9.17) is 9.47 Å². The van der Waals surface area contributed by atoms with Gasteiger partial charge in [-0.25, -0.2) is 4.39 Å². The van der Waals surface area contributed by atoms with Crippen LogP contribution in [0.4, 0.5) is 10.1 Å². The summed E-state index contributed by atoms with van der Waals surface area (Å²) in [6.07, 6.45) is 0. The molecule has 0 aromatic heterocycles. The molecule has 0 atom stereocenters. The summed E-state index contributed by atoms with van der Waals surface area (Å²) in [6, 6.07) is 9.28. The van der Waals surface area contributed by atoms with Crippen molar-refractivity contribution in [3.8, 4) is 11.5 Å². The Morgan fingerprint density at radius 3 is 2.57 bits per heavy atom. The van der Waals surface area contributed by atoms with Gasteiger partial charge in [-0.2, -0.15) is 0 Å². The highest BCUT2D eigenvalue weighted by Crippen LogP contribution is 2.30. The maximum Gasteiger partial charge on any atom is 0.259 e. The maximum atomic E-state index is 13.8. The quantitative estimate of drug-likeness (QED) is 0.907. The second kappa shape index (κ2) is 6.58. The van der Waals surface area contributed by atoms with Crippen LogP contribution in [-0.2, 0) is 0 Å². The molecule has 2 aromatic carbocycles. The first kappa shape index (κ1) is 15.3. The number of methoxy groups -OCH3 is 2. The van der Waals surface area contributed by atoms with Gasteiger partial charge in [0.2, 0.25) is 0 Å². The molecule has 0 radical (unpaired) electrons. The number of carbonyl (C=O) groups excluding carboxylic acids is 1. The minimum absolute atomic E-state index is 0.0598. The van der Waals surface area contributed by atoms with Crippen molar-refractivity contribution >= 4 is 27.5 Å². The third-order valence-corrected chi connectivity index (χ3v) is 3.51. The molecule has 0 aliphatic carbocycles. The fourth-order valence-corrected chi connectivity index (χ4v) is 2.32. The van der Waals surface area contributed by atoms with Crippen LogP contribution in [0.5, 0.6) is 11.5 Å². The van der Waals surface area contributed by atoms with Crippen LogP contribution in [0, 0.1) is 5.82 Å². The lowest BCUT2D eigenvalue weighted by Crippen LogP contribution is -2.15. The molecule has 0 fully saturated rings. The van der Waals surface area contributed by atoms with Crippen LogP contribution >= 0.6 is 15.9 Å². The number of rotatable bonds is 4. The average molecular weight is 354 g/mol. The highest BCUT2D eigenvalue weighted by Gasteiger charge is 2.17. The molecule has 1 amide bonds. The van der Waals surface area contributed by atoms with E-state index in [1.807, 2.05) is 0 Å². The number of hydrogen-bond donors (Lipinski definition) is 1. The van der Waals surface area contributed by atoms with Gasteiger partial charge in [-0.15, -0.1) is 0 Å². The first-order valence-electron chi connectivity index (χ1n) is 6.04. The van der Waals surface area contributed by atoms with Gasteiger partial charge in [-0.05, 0) is 40.2 Å². The first-order valence-corrected chi connectivity index (χ1v) is 6.83. The second-order valence-corrected chi connectivity index (χ2v) is 4.97. The number of nitrogens with one attached hydrogen (secondary N) is 1. The number of carbonyl (C=O) groups is 1. The number of halogens is 2. The Bertz CT molecular complexity index is 656. The predicted molar refractivity (Wildman–Crippen MR) is 81.6 cm³/mol. The van der Waals surface area contributed by atoms with E-state index in [1.54, 1.807) is 24.3 Å². The zero-order valence-electron chi connectivity index (χ0n) is 11.4. The van der Waals surface area contributed by atoms with E-state index in [1.165, 1.54) is 26.4 Å². The highest BCUT2D eigenvalue weighted by molar-refractivity contribution is 9.10. The summed E-state index contributed by atoms with van der Waals surface area (Å²) < 4.78 is 24.4. The van der Waals surface area contributed by atoms with Crippen LogP contribution in [0.1, 0.15) is 10.4 Å². The molecule has 0 unspecified atom stereocenters. The molecule has 1 N–H and O–H groups in total. The molecular weight excluding hydrogens is 341 g/mol. The Balaban J connectivity index is 2.32. The van der Waals surface area contributed by atoms with Crippen molar-refractivity contribution in [3.05, 3.63) is 52.3 Å². The van der Waals surface area contributed by atoms with E-state index in [0.29, 0.717) is 21.7 Å². The van der Waals surface area contributed by atoms with Crippen molar-refractivity contribution < 1.29 is 18.7 Å². The van der Waals surface area contributed by atoms with Crippen LogP contribution < -0.4 is 14.8 Å². The summed E-state index contributed by atoms with van der Waals surface area (Å²) in [5.74, 6) is -0.148. The number of ether oxygens (including phenoxy) is 2. The van der Waals surface area contributed by atoms with Gasteiger partial charge >= 0.3 is 0 Å². The van der Waals surface area contributed by atoms with Gasteiger partial charge < -0.3 is 14.8 Å². The molecule has 0 spiro atoms. The van der Waals surface area contributed by atoms with E-state index in [0.717, 1.165) is 0 Å². The normalized spacial score (nSPS) is 10.1. The van der Waals surface area contributed by atoms with Crippen LogP contribution in [0.15, 0.2) is 40.9 Å². The topological polar surface area (TPSA) is 47.6 Å². The smallest absolute Gasteiger partial charge is 0.259 e. The monoisotopic (exact) mass is 353 g/mol. The van der Waals surface area contributed by atoms with Gasteiger partial charge in [0.05, 0.1) is 25.5 Å². The molecule has 0 aliphatic heterocycles. The molecule has 0 saturated heterocycles. The van der Waals surface area contributed by atoms with Gasteiger partial charge in [0.25, 0.3) is 5.91 Å². The van der Waals surface area contributed by atoms with Gasteiger partial charge in [0.15, 0.2) is 0 Å². The van der Waals surface area contributed by atoms with Crippen molar-refractivity contribution in [2.24, 2.45) is 0 Å².